The summed E-state index contributed by atoms with van der Waals surface area (Å²) in [6.07, 6.45) is 2.07. The van der Waals surface area contributed by atoms with Gasteiger partial charge in [0.15, 0.2) is 0 Å². The second-order valence-corrected chi connectivity index (χ2v) is 4.84. The van der Waals surface area contributed by atoms with E-state index >= 15 is 0 Å². The van der Waals surface area contributed by atoms with Crippen molar-refractivity contribution in [3.63, 3.8) is 0 Å². The lowest BCUT2D eigenvalue weighted by Crippen LogP contribution is -2.38. The Morgan fingerprint density at radius 3 is 2.89 bits per heavy atom. The van der Waals surface area contributed by atoms with Crippen LogP contribution in [0.3, 0.4) is 0 Å². The minimum absolute atomic E-state index is 0.0621. The molecule has 106 valence electrons. The lowest BCUT2D eigenvalue weighted by atomic mass is 10.1. The van der Waals surface area contributed by atoms with E-state index in [1.54, 1.807) is 0 Å². The van der Waals surface area contributed by atoms with Crippen molar-refractivity contribution >= 4 is 5.91 Å². The molecule has 0 bridgehead atoms. The van der Waals surface area contributed by atoms with E-state index in [-0.39, 0.29) is 19.5 Å². The zero-order chi connectivity index (χ0) is 14.0. The molecule has 6 nitrogen and oxygen atoms in total. The molecule has 8 heteroatoms. The van der Waals surface area contributed by atoms with Crippen molar-refractivity contribution in [2.45, 2.75) is 31.7 Å². The summed E-state index contributed by atoms with van der Waals surface area (Å²) in [5.74, 6) is -3.99. The zero-order valence-corrected chi connectivity index (χ0v) is 10.6. The number of halogens is 2. The number of hydrogen-bond donors (Lipinski definition) is 1. The predicted octanol–water partition coefficient (Wildman–Crippen LogP) is 0.133. The third kappa shape index (κ3) is 2.99. The summed E-state index contributed by atoms with van der Waals surface area (Å²) in [5, 5.41) is 6.16. The van der Waals surface area contributed by atoms with Crippen molar-refractivity contribution in [1.29, 1.82) is 0 Å². The molecule has 1 aromatic heterocycles. The van der Waals surface area contributed by atoms with Gasteiger partial charge in [-0.05, 0) is 12.8 Å². The highest BCUT2D eigenvalue weighted by Crippen LogP contribution is 2.39. The largest absolute Gasteiger partial charge is 0.354 e. The van der Waals surface area contributed by atoms with Gasteiger partial charge in [0.25, 0.3) is 5.92 Å². The van der Waals surface area contributed by atoms with Crippen LogP contribution in [0.4, 0.5) is 8.78 Å². The molecule has 1 N–H and O–H groups in total. The molecule has 0 saturated heterocycles. The number of nitrogens with one attached hydrogen (secondary N) is 1. The van der Waals surface area contributed by atoms with E-state index in [1.165, 1.54) is 17.9 Å². The lowest BCUT2D eigenvalue weighted by molar-refractivity contribution is -0.122. The lowest BCUT2D eigenvalue weighted by Gasteiger charge is -2.19. The third-order valence-corrected chi connectivity index (χ3v) is 3.39. The van der Waals surface area contributed by atoms with Gasteiger partial charge < -0.3 is 5.32 Å². The summed E-state index contributed by atoms with van der Waals surface area (Å²) in [4.78, 5) is 23.0. The molecule has 0 spiro atoms. The minimum atomic E-state index is -2.70. The Balaban J connectivity index is 1.85. The monoisotopic (exact) mass is 274 g/mol. The second kappa shape index (κ2) is 5.10. The molecule has 1 aromatic rings. The van der Waals surface area contributed by atoms with Crippen LogP contribution in [0, 0.1) is 5.92 Å². The molecule has 1 heterocycles. The van der Waals surface area contributed by atoms with Gasteiger partial charge in [0.05, 0.1) is 0 Å². The van der Waals surface area contributed by atoms with Crippen LogP contribution in [-0.4, -0.2) is 32.7 Å². The molecule has 1 amide bonds. The number of amides is 1. The van der Waals surface area contributed by atoms with E-state index in [0.29, 0.717) is 12.8 Å². The topological polar surface area (TPSA) is 68.9 Å². The van der Waals surface area contributed by atoms with Gasteiger partial charge in [0, 0.05) is 25.9 Å². The Kier molecular flexibility index (Phi) is 3.68. The maximum absolute atomic E-state index is 13.3. The van der Waals surface area contributed by atoms with E-state index in [0.717, 1.165) is 4.68 Å². The van der Waals surface area contributed by atoms with Crippen LogP contribution < -0.4 is 11.0 Å². The molecule has 1 aliphatic rings. The zero-order valence-electron chi connectivity index (χ0n) is 10.6. The predicted molar refractivity (Wildman–Crippen MR) is 62.8 cm³/mol. The molecular formula is C11H16F2N4O2. The Labute approximate surface area is 108 Å². The summed E-state index contributed by atoms with van der Waals surface area (Å²) in [7, 11) is 1.52. The van der Waals surface area contributed by atoms with Crippen molar-refractivity contribution in [3.05, 3.63) is 16.8 Å². The Morgan fingerprint density at radius 1 is 1.63 bits per heavy atom. The van der Waals surface area contributed by atoms with Gasteiger partial charge in [-0.15, -0.1) is 0 Å². The summed E-state index contributed by atoms with van der Waals surface area (Å²) in [5.41, 5.74) is -0.415. The molecule has 1 atom stereocenters. The second-order valence-electron chi connectivity index (χ2n) is 4.84. The maximum atomic E-state index is 13.3. The molecule has 0 aliphatic heterocycles. The molecule has 19 heavy (non-hydrogen) atoms. The third-order valence-electron chi connectivity index (χ3n) is 3.39. The summed E-state index contributed by atoms with van der Waals surface area (Å²) in [6, 6.07) is 0. The summed E-state index contributed by atoms with van der Waals surface area (Å²) in [6.45, 7) is -0.314. The van der Waals surface area contributed by atoms with Crippen LogP contribution in [0.2, 0.25) is 0 Å². The molecule has 0 unspecified atom stereocenters. The number of rotatable bonds is 4. The number of hydrogen-bond acceptors (Lipinski definition) is 3. The van der Waals surface area contributed by atoms with Crippen molar-refractivity contribution < 1.29 is 13.6 Å². The van der Waals surface area contributed by atoms with Crippen molar-refractivity contribution in [2.75, 3.05) is 6.54 Å². The number of aromatic nitrogens is 3. The van der Waals surface area contributed by atoms with Gasteiger partial charge in [-0.25, -0.2) is 18.3 Å². The molecule has 2 rings (SSSR count). The molecule has 1 saturated carbocycles. The first-order valence-corrected chi connectivity index (χ1v) is 6.13. The highest BCUT2D eigenvalue weighted by Gasteiger charge is 2.43. The van der Waals surface area contributed by atoms with E-state index in [1.807, 2.05) is 0 Å². The standard InChI is InChI=1S/C11H16F2N4O2/c1-16-7-15-17(10(16)19)6-9(18)14-5-8-3-2-4-11(8,12)13/h7-8H,2-6H2,1H3,(H,14,18)/t8-/m1/s1. The molecular weight excluding hydrogens is 258 g/mol. The number of alkyl halides is 2. The van der Waals surface area contributed by atoms with E-state index < -0.39 is 23.4 Å². The quantitative estimate of drug-likeness (QED) is 0.848. The first-order valence-electron chi connectivity index (χ1n) is 6.13. The van der Waals surface area contributed by atoms with E-state index in [2.05, 4.69) is 10.4 Å². The van der Waals surface area contributed by atoms with Crippen LogP contribution in [0.1, 0.15) is 19.3 Å². The number of carbonyl (C=O) groups is 1. The SMILES string of the molecule is Cn1cnn(CC(=O)NC[C@H]2CCCC2(F)F)c1=O. The van der Waals surface area contributed by atoms with E-state index in [9.17, 15) is 18.4 Å². The van der Waals surface area contributed by atoms with Gasteiger partial charge >= 0.3 is 5.69 Å². The summed E-state index contributed by atoms with van der Waals surface area (Å²) < 4.78 is 28.9. The Morgan fingerprint density at radius 2 is 2.37 bits per heavy atom. The fourth-order valence-corrected chi connectivity index (χ4v) is 2.21. The van der Waals surface area contributed by atoms with Gasteiger partial charge in [0.1, 0.15) is 12.9 Å². The number of aryl methyl sites for hydroxylation is 1. The van der Waals surface area contributed by atoms with Crippen LogP contribution in [0.25, 0.3) is 0 Å². The first kappa shape index (κ1) is 13.7. The summed E-state index contributed by atoms with van der Waals surface area (Å²) >= 11 is 0. The average Bonchev–Trinajstić information content (AvgIpc) is 2.83. The van der Waals surface area contributed by atoms with Crippen LogP contribution >= 0.6 is 0 Å². The number of nitrogens with zero attached hydrogens (tertiary/aromatic N) is 3. The first-order chi connectivity index (χ1) is 8.90. The molecule has 0 aromatic carbocycles. The van der Waals surface area contributed by atoms with Crippen molar-refractivity contribution in [2.24, 2.45) is 13.0 Å². The van der Waals surface area contributed by atoms with Gasteiger partial charge in [0.2, 0.25) is 5.91 Å². The maximum Gasteiger partial charge on any atom is 0.345 e. The van der Waals surface area contributed by atoms with Crippen molar-refractivity contribution in [1.82, 2.24) is 19.7 Å². The van der Waals surface area contributed by atoms with Gasteiger partial charge in [-0.3, -0.25) is 9.36 Å². The Hall–Kier alpha value is -1.73. The highest BCUT2D eigenvalue weighted by atomic mass is 19.3. The molecule has 1 aliphatic carbocycles. The van der Waals surface area contributed by atoms with Gasteiger partial charge in [-0.2, -0.15) is 5.10 Å². The Bertz CT molecular complexity index is 523. The number of carbonyl (C=O) groups excluding carboxylic acids is 1. The highest BCUT2D eigenvalue weighted by molar-refractivity contribution is 5.75. The van der Waals surface area contributed by atoms with Crippen LogP contribution in [-0.2, 0) is 18.4 Å². The van der Waals surface area contributed by atoms with Crippen LogP contribution in [0.15, 0.2) is 11.1 Å². The minimum Gasteiger partial charge on any atom is -0.354 e. The fraction of sp³-hybridized carbons (Fsp3) is 0.727. The van der Waals surface area contributed by atoms with Gasteiger partial charge in [-0.1, -0.05) is 0 Å². The average molecular weight is 274 g/mol. The fourth-order valence-electron chi connectivity index (χ4n) is 2.21. The normalized spacial score (nSPS) is 21.5. The van der Waals surface area contributed by atoms with Crippen LogP contribution in [0.5, 0.6) is 0 Å². The van der Waals surface area contributed by atoms with Crippen molar-refractivity contribution in [3.8, 4) is 0 Å². The molecule has 1 fully saturated rings. The van der Waals surface area contributed by atoms with E-state index in [4.69, 9.17) is 0 Å². The smallest absolute Gasteiger partial charge is 0.345 e. The molecule has 0 radical (unpaired) electrons.